The number of hydrogen-bond acceptors (Lipinski definition) is 8. The topological polar surface area (TPSA) is 154 Å². The van der Waals surface area contributed by atoms with Crippen LogP contribution in [0, 0.1) is 63.2 Å². The third-order valence-corrected chi connectivity index (χ3v) is 6.94. The van der Waals surface area contributed by atoms with E-state index in [1.54, 1.807) is 14.2 Å². The van der Waals surface area contributed by atoms with Crippen LogP contribution in [-0.4, -0.2) is 33.0 Å². The molecule has 0 amide bonds. The molecule has 0 saturated carbocycles. The zero-order valence-corrected chi connectivity index (χ0v) is 21.9. The zero-order chi connectivity index (χ0) is 27.9. The van der Waals surface area contributed by atoms with Crippen molar-refractivity contribution >= 4 is 0 Å². The van der Waals surface area contributed by atoms with Gasteiger partial charge in [0.05, 0.1) is 48.1 Å². The van der Waals surface area contributed by atoms with Gasteiger partial charge in [-0.3, -0.25) is 0 Å². The Balaban J connectivity index is 1.91. The minimum atomic E-state index is -0.187. The van der Waals surface area contributed by atoms with Gasteiger partial charge in [0, 0.05) is 44.9 Å². The zero-order valence-electron chi connectivity index (χ0n) is 21.9. The summed E-state index contributed by atoms with van der Waals surface area (Å²) in [4.78, 5) is 3.28. The van der Waals surface area contributed by atoms with Crippen LogP contribution in [0.3, 0.4) is 0 Å². The fourth-order valence-corrected chi connectivity index (χ4v) is 4.90. The summed E-state index contributed by atoms with van der Waals surface area (Å²) in [5.74, 6) is 0. The minimum absolute atomic E-state index is 0.0155. The van der Waals surface area contributed by atoms with Gasteiger partial charge < -0.3 is 14.8 Å². The van der Waals surface area contributed by atoms with Crippen LogP contribution in [0.25, 0.3) is 4.85 Å². The fourth-order valence-electron chi connectivity index (χ4n) is 4.90. The second kappa shape index (κ2) is 15.7. The molecular weight excluding hydrogens is 478 g/mol. The molecule has 194 valence electrons. The van der Waals surface area contributed by atoms with Gasteiger partial charge in [-0.05, 0) is 43.3 Å². The summed E-state index contributed by atoms with van der Waals surface area (Å²) in [6, 6.07) is 10.1. The van der Waals surface area contributed by atoms with Gasteiger partial charge >= 0.3 is 0 Å². The molecule has 0 aromatic rings. The monoisotopic (exact) mass is 509 g/mol. The summed E-state index contributed by atoms with van der Waals surface area (Å²) in [5.41, 5.74) is 3.38. The lowest BCUT2D eigenvalue weighted by Crippen LogP contribution is -2.27. The highest BCUT2D eigenvalue weighted by Crippen LogP contribution is 2.35. The third-order valence-electron chi connectivity index (χ3n) is 6.94. The summed E-state index contributed by atoms with van der Waals surface area (Å²) in [6.45, 7) is 7.92. The van der Waals surface area contributed by atoms with Crippen molar-refractivity contribution in [1.29, 1.82) is 26.3 Å². The van der Waals surface area contributed by atoms with E-state index in [1.807, 2.05) is 18.2 Å². The number of ether oxygens (including phenoxy) is 2. The summed E-state index contributed by atoms with van der Waals surface area (Å²) in [6.07, 6.45) is 7.08. The van der Waals surface area contributed by atoms with E-state index >= 15 is 0 Å². The SMILES string of the molecule is [C-]#[N+]/C(C#N)=C1\CC(OC)CC(NCCCCCCCC2=C(C#N)C(=C(C#N)C#N)CC(OC)C2)=C1C#N. The Labute approximate surface area is 225 Å². The molecule has 9 nitrogen and oxygen atoms in total. The summed E-state index contributed by atoms with van der Waals surface area (Å²) >= 11 is 0. The molecule has 2 aliphatic carbocycles. The first-order chi connectivity index (χ1) is 18.5. The maximum atomic E-state index is 9.71. The van der Waals surface area contributed by atoms with Crippen molar-refractivity contribution in [3.05, 3.63) is 56.2 Å². The Bertz CT molecular complexity index is 1140. The fraction of sp³-hybridized carbons (Fsp3) is 0.517. The average molecular weight is 510 g/mol. The van der Waals surface area contributed by atoms with E-state index in [0.29, 0.717) is 54.5 Å². The van der Waals surface area contributed by atoms with Gasteiger partial charge in [0.2, 0.25) is 0 Å². The van der Waals surface area contributed by atoms with Crippen LogP contribution in [0.5, 0.6) is 0 Å². The predicted molar refractivity (Wildman–Crippen MR) is 139 cm³/mol. The van der Waals surface area contributed by atoms with Gasteiger partial charge in [-0.2, -0.15) is 21.0 Å². The quantitative estimate of drug-likeness (QED) is 0.227. The lowest BCUT2D eigenvalue weighted by atomic mass is 9.82. The highest BCUT2D eigenvalue weighted by molar-refractivity contribution is 5.57. The molecule has 9 heteroatoms. The highest BCUT2D eigenvalue weighted by atomic mass is 16.5. The van der Waals surface area contributed by atoms with Crippen molar-refractivity contribution < 1.29 is 9.47 Å². The van der Waals surface area contributed by atoms with Crippen molar-refractivity contribution in [3.63, 3.8) is 0 Å². The Morgan fingerprint density at radius 1 is 0.816 bits per heavy atom. The van der Waals surface area contributed by atoms with Crippen molar-refractivity contribution in [2.45, 2.75) is 76.4 Å². The van der Waals surface area contributed by atoms with Crippen LogP contribution in [0.4, 0.5) is 0 Å². The van der Waals surface area contributed by atoms with Crippen LogP contribution in [0.1, 0.15) is 64.2 Å². The Morgan fingerprint density at radius 3 is 2.00 bits per heavy atom. The molecule has 0 saturated heterocycles. The summed E-state index contributed by atoms with van der Waals surface area (Å²) in [5, 5.41) is 50.6. The predicted octanol–water partition coefficient (Wildman–Crippen LogP) is 5.17. The van der Waals surface area contributed by atoms with Crippen LogP contribution < -0.4 is 5.32 Å². The minimum Gasteiger partial charge on any atom is -0.387 e. The molecule has 0 fully saturated rings. The van der Waals surface area contributed by atoms with E-state index in [4.69, 9.17) is 16.0 Å². The molecule has 0 aromatic carbocycles. The molecule has 0 heterocycles. The Hall–Kier alpha value is -4.38. The Morgan fingerprint density at radius 2 is 1.42 bits per heavy atom. The first-order valence-corrected chi connectivity index (χ1v) is 12.6. The number of nitrogens with zero attached hydrogens (tertiary/aromatic N) is 6. The largest absolute Gasteiger partial charge is 0.387 e. The van der Waals surface area contributed by atoms with Crippen molar-refractivity contribution in [1.82, 2.24) is 5.32 Å². The molecule has 0 aliphatic heterocycles. The number of rotatable bonds is 11. The molecule has 2 aliphatic rings. The number of allylic oxidation sites excluding steroid dienone is 4. The van der Waals surface area contributed by atoms with Gasteiger partial charge in [0.15, 0.2) is 0 Å². The normalized spacial score (nSPS) is 20.3. The van der Waals surface area contributed by atoms with Crippen LogP contribution in [0.15, 0.2) is 44.8 Å². The summed E-state index contributed by atoms with van der Waals surface area (Å²) < 4.78 is 11.0. The number of methoxy groups -OCH3 is 2. The molecule has 0 bridgehead atoms. The number of nitrogens with one attached hydrogen (secondary N) is 1. The number of unbranched alkanes of at least 4 members (excludes halogenated alkanes) is 4. The smallest absolute Gasteiger partial charge is 0.266 e. The average Bonchev–Trinajstić information content (AvgIpc) is 2.95. The molecule has 0 radical (unpaired) electrons. The van der Waals surface area contributed by atoms with Crippen LogP contribution >= 0.6 is 0 Å². The molecule has 38 heavy (non-hydrogen) atoms. The van der Waals surface area contributed by atoms with Gasteiger partial charge in [0.25, 0.3) is 5.70 Å². The van der Waals surface area contributed by atoms with Gasteiger partial charge in [0.1, 0.15) is 17.7 Å². The number of nitriles is 5. The van der Waals surface area contributed by atoms with E-state index in [9.17, 15) is 26.3 Å². The van der Waals surface area contributed by atoms with Gasteiger partial charge in [-0.15, -0.1) is 0 Å². The van der Waals surface area contributed by atoms with Crippen LogP contribution in [-0.2, 0) is 9.47 Å². The Kier molecular flexibility index (Phi) is 12.3. The van der Waals surface area contributed by atoms with E-state index in [1.165, 1.54) is 0 Å². The van der Waals surface area contributed by atoms with Crippen molar-refractivity contribution in [2.24, 2.45) is 0 Å². The van der Waals surface area contributed by atoms with Gasteiger partial charge in [-0.25, -0.2) is 10.1 Å². The molecule has 2 atom stereocenters. The van der Waals surface area contributed by atoms with E-state index < -0.39 is 0 Å². The molecule has 0 spiro atoms. The molecule has 2 unspecified atom stereocenters. The first kappa shape index (κ1) is 29.8. The van der Waals surface area contributed by atoms with Crippen molar-refractivity contribution in [3.8, 4) is 30.3 Å². The molecular formula is C29H31N7O2. The number of hydrogen-bond donors (Lipinski definition) is 1. The maximum absolute atomic E-state index is 9.71. The standard InChI is InChI=1S/C29H31N7O2/c1-35-29(19-34)25-13-23(38-3)14-28(27(25)18-33)36-10-8-6-4-5-7-9-20-11-22(37-2)12-24(26(20)17-32)21(15-30)16-31/h22-23,36H,4-14H2,2-3H3/b29-25+. The third kappa shape index (κ3) is 7.56. The van der Waals surface area contributed by atoms with Crippen molar-refractivity contribution in [2.75, 3.05) is 20.8 Å². The second-order valence-corrected chi connectivity index (χ2v) is 9.16. The second-order valence-electron chi connectivity index (χ2n) is 9.16. The van der Waals surface area contributed by atoms with E-state index in [2.05, 4.69) is 22.3 Å². The maximum Gasteiger partial charge on any atom is 0.266 e. The molecule has 0 aromatic heterocycles. The summed E-state index contributed by atoms with van der Waals surface area (Å²) in [7, 11) is 3.19. The molecule has 2 rings (SSSR count). The van der Waals surface area contributed by atoms with Crippen LogP contribution in [0.2, 0.25) is 0 Å². The lowest BCUT2D eigenvalue weighted by molar-refractivity contribution is 0.0989. The lowest BCUT2D eigenvalue weighted by Gasteiger charge is -2.27. The van der Waals surface area contributed by atoms with E-state index in [-0.39, 0.29) is 23.5 Å². The molecule has 1 N–H and O–H groups in total. The first-order valence-electron chi connectivity index (χ1n) is 12.6. The van der Waals surface area contributed by atoms with E-state index in [0.717, 1.165) is 49.8 Å². The van der Waals surface area contributed by atoms with Gasteiger partial charge in [-0.1, -0.05) is 19.3 Å². The highest BCUT2D eigenvalue weighted by Gasteiger charge is 2.28.